The Morgan fingerprint density at radius 3 is 2.21 bits per heavy atom. The number of hydrogen-bond donors (Lipinski definition) is 3. The molecule has 0 aliphatic rings. The summed E-state index contributed by atoms with van der Waals surface area (Å²) in [5.74, 6) is -0.642. The fourth-order valence-electron chi connectivity index (χ4n) is 4.08. The Kier molecular flexibility index (Phi) is 8.45. The summed E-state index contributed by atoms with van der Waals surface area (Å²) in [6.07, 6.45) is -3.35. The van der Waals surface area contributed by atoms with Crippen molar-refractivity contribution in [2.24, 2.45) is 0 Å². The van der Waals surface area contributed by atoms with E-state index in [9.17, 15) is 23.2 Å². The number of nitrogens with zero attached hydrogens (tertiary/aromatic N) is 4. The van der Waals surface area contributed by atoms with Crippen molar-refractivity contribution >= 4 is 29.9 Å². The van der Waals surface area contributed by atoms with Crippen LogP contribution in [0.4, 0.5) is 24.5 Å². The number of thiol groups is 1. The van der Waals surface area contributed by atoms with E-state index in [1.54, 1.807) is 24.3 Å². The van der Waals surface area contributed by atoms with Crippen LogP contribution in [0.2, 0.25) is 0 Å². The zero-order valence-corrected chi connectivity index (χ0v) is 23.0. The summed E-state index contributed by atoms with van der Waals surface area (Å²) in [6, 6.07) is 30.9. The van der Waals surface area contributed by atoms with Crippen molar-refractivity contribution in [1.29, 1.82) is 5.26 Å². The summed E-state index contributed by atoms with van der Waals surface area (Å²) in [6.45, 7) is 0. The molecule has 0 aliphatic carbocycles. The number of aromatic nitrogens is 3. The average molecular weight is 599 g/mol. The molecule has 0 bridgehead atoms. The van der Waals surface area contributed by atoms with Crippen LogP contribution >= 0.6 is 12.6 Å². The maximum atomic E-state index is 13.0. The van der Waals surface area contributed by atoms with E-state index in [4.69, 9.17) is 0 Å². The first kappa shape index (κ1) is 29.0. The molecule has 43 heavy (non-hydrogen) atoms. The molecule has 0 saturated heterocycles. The molecule has 0 aliphatic heterocycles. The fourth-order valence-corrected chi connectivity index (χ4v) is 4.35. The molecule has 0 spiro atoms. The van der Waals surface area contributed by atoms with Gasteiger partial charge < -0.3 is 15.4 Å². The number of carbonyl (C=O) groups excluding carboxylic acids is 1. The van der Waals surface area contributed by atoms with E-state index in [1.165, 1.54) is 35.3 Å². The predicted molar refractivity (Wildman–Crippen MR) is 159 cm³/mol. The van der Waals surface area contributed by atoms with Gasteiger partial charge in [-0.05, 0) is 60.2 Å². The Hall–Kier alpha value is -5.54. The minimum absolute atomic E-state index is 0.0905. The molecule has 2 N–H and O–H groups in total. The van der Waals surface area contributed by atoms with Crippen molar-refractivity contribution in [1.82, 2.24) is 14.8 Å². The molecule has 1 amide bonds. The highest BCUT2D eigenvalue weighted by Gasteiger charge is 2.31. The zero-order chi connectivity index (χ0) is 30.4. The Morgan fingerprint density at radius 2 is 1.53 bits per heavy atom. The van der Waals surface area contributed by atoms with Crippen LogP contribution in [-0.4, -0.2) is 27.0 Å². The normalized spacial score (nSPS) is 11.7. The number of rotatable bonds is 8. The van der Waals surface area contributed by atoms with Crippen molar-refractivity contribution < 1.29 is 22.7 Å². The number of amides is 1. The van der Waals surface area contributed by atoms with E-state index in [0.29, 0.717) is 28.5 Å². The number of halogens is 3. The van der Waals surface area contributed by atoms with E-state index in [1.807, 2.05) is 60.7 Å². The fraction of sp³-hybridized carbons (Fsp3) is 0.0323. The number of nitrogens with one attached hydrogen (secondary N) is 2. The predicted octanol–water partition coefficient (Wildman–Crippen LogP) is 7.22. The number of benzene rings is 4. The Labute approximate surface area is 249 Å². The lowest BCUT2D eigenvalue weighted by atomic mass is 10.0. The van der Waals surface area contributed by atoms with Crippen LogP contribution < -0.4 is 15.4 Å². The molecule has 12 heteroatoms. The third-order valence-electron chi connectivity index (χ3n) is 6.07. The summed E-state index contributed by atoms with van der Waals surface area (Å²) >= 11 is 4.41. The van der Waals surface area contributed by atoms with Gasteiger partial charge in [-0.2, -0.15) is 5.26 Å². The van der Waals surface area contributed by atoms with Gasteiger partial charge in [-0.1, -0.05) is 48.5 Å². The van der Waals surface area contributed by atoms with Gasteiger partial charge in [0.2, 0.25) is 0 Å². The summed E-state index contributed by atoms with van der Waals surface area (Å²) < 4.78 is 42.5. The van der Waals surface area contributed by atoms with Crippen molar-refractivity contribution in [3.8, 4) is 40.0 Å². The molecule has 8 nitrogen and oxygen atoms in total. The summed E-state index contributed by atoms with van der Waals surface area (Å²) in [5.41, 5.74) is 3.85. The highest BCUT2D eigenvalue weighted by Crippen LogP contribution is 2.30. The first-order valence-corrected chi connectivity index (χ1v) is 13.1. The molecule has 1 aromatic heterocycles. The molecule has 0 radical (unpaired) electrons. The number of nitriles is 1. The summed E-state index contributed by atoms with van der Waals surface area (Å²) in [7, 11) is 0. The van der Waals surface area contributed by atoms with Crippen LogP contribution in [-0.2, 0) is 4.79 Å². The van der Waals surface area contributed by atoms with Crippen LogP contribution in [0, 0.1) is 11.3 Å². The Balaban J connectivity index is 1.27. The second kappa shape index (κ2) is 12.5. The number of ether oxygens (including phenoxy) is 1. The molecular formula is C31H21F3N6O2S. The first-order chi connectivity index (χ1) is 20.7. The van der Waals surface area contributed by atoms with Gasteiger partial charge in [0.1, 0.15) is 23.7 Å². The number of carbonyl (C=O) groups is 1. The zero-order valence-electron chi connectivity index (χ0n) is 22.1. The van der Waals surface area contributed by atoms with Gasteiger partial charge in [0.15, 0.2) is 5.82 Å². The lowest BCUT2D eigenvalue weighted by Crippen LogP contribution is -2.17. The molecule has 0 fully saturated rings. The van der Waals surface area contributed by atoms with Gasteiger partial charge in [-0.25, -0.2) is 9.67 Å². The molecule has 214 valence electrons. The van der Waals surface area contributed by atoms with Gasteiger partial charge in [-0.15, -0.1) is 30.9 Å². The molecule has 0 atom stereocenters. The van der Waals surface area contributed by atoms with Gasteiger partial charge in [0, 0.05) is 22.5 Å². The van der Waals surface area contributed by atoms with Crippen LogP contribution in [0.25, 0.3) is 28.2 Å². The summed E-state index contributed by atoms with van der Waals surface area (Å²) in [5, 5.41) is 19.9. The number of alkyl halides is 3. The number of para-hydroxylation sites is 1. The first-order valence-electron chi connectivity index (χ1n) is 12.6. The van der Waals surface area contributed by atoms with Crippen molar-refractivity contribution in [2.45, 2.75) is 6.36 Å². The number of hydrogen-bond acceptors (Lipinski definition) is 7. The molecule has 5 aromatic rings. The Morgan fingerprint density at radius 1 is 0.860 bits per heavy atom. The average Bonchev–Trinajstić information content (AvgIpc) is 3.49. The second-order valence-electron chi connectivity index (χ2n) is 8.96. The lowest BCUT2D eigenvalue weighted by molar-refractivity contribution is -0.274. The van der Waals surface area contributed by atoms with Crippen molar-refractivity contribution in [2.75, 3.05) is 10.6 Å². The van der Waals surface area contributed by atoms with Crippen molar-refractivity contribution in [3.63, 3.8) is 0 Å². The minimum atomic E-state index is -4.78. The topological polar surface area (TPSA) is 105 Å². The van der Waals surface area contributed by atoms with Crippen LogP contribution in [0.5, 0.6) is 5.75 Å². The lowest BCUT2D eigenvalue weighted by Gasteiger charge is -2.13. The Bertz CT molecular complexity index is 1810. The van der Waals surface area contributed by atoms with Crippen LogP contribution in [0.1, 0.15) is 0 Å². The van der Waals surface area contributed by atoms with E-state index < -0.39 is 12.3 Å². The minimum Gasteiger partial charge on any atom is -0.406 e. The van der Waals surface area contributed by atoms with Crippen LogP contribution in [0.3, 0.4) is 0 Å². The second-order valence-corrected chi connectivity index (χ2v) is 9.41. The van der Waals surface area contributed by atoms with E-state index in [2.05, 4.69) is 38.1 Å². The smallest absolute Gasteiger partial charge is 0.406 e. The van der Waals surface area contributed by atoms with Crippen molar-refractivity contribution in [3.05, 3.63) is 120 Å². The van der Waals surface area contributed by atoms with Gasteiger partial charge in [0.25, 0.3) is 5.91 Å². The van der Waals surface area contributed by atoms with E-state index in [0.717, 1.165) is 11.1 Å². The van der Waals surface area contributed by atoms with E-state index >= 15 is 0 Å². The quantitative estimate of drug-likeness (QED) is 0.0990. The maximum absolute atomic E-state index is 13.0. The van der Waals surface area contributed by atoms with Gasteiger partial charge >= 0.3 is 6.36 Å². The molecular weight excluding hydrogens is 577 g/mol. The third-order valence-corrected chi connectivity index (χ3v) is 6.40. The third kappa shape index (κ3) is 7.22. The largest absolute Gasteiger partial charge is 0.573 e. The molecule has 0 unspecified atom stereocenters. The molecule has 5 rings (SSSR count). The molecule has 4 aromatic carbocycles. The summed E-state index contributed by atoms with van der Waals surface area (Å²) in [4.78, 5) is 17.2. The maximum Gasteiger partial charge on any atom is 0.573 e. The van der Waals surface area contributed by atoms with Crippen LogP contribution in [0.15, 0.2) is 120 Å². The SMILES string of the molecule is N#CC(C(=O)Nc1ccc(-c2ncn(-c3ccc(OC(F)(F)F)cc3)n2)cc1)=C(S)Nc1ccccc1-c1ccccc1. The monoisotopic (exact) mass is 598 g/mol. The standard InChI is InChI=1S/C31H21F3N6O2S/c32-31(33,34)42-24-16-14-23(15-17-24)40-19-36-28(39-40)21-10-12-22(13-11-21)37-29(41)26(18-35)30(43)38-27-9-5-4-8-25(27)20-6-2-1-3-7-20/h1-17,19,38,43H,(H,37,41). The van der Waals surface area contributed by atoms with Gasteiger partial charge in [-0.3, -0.25) is 4.79 Å². The van der Waals surface area contributed by atoms with Gasteiger partial charge in [0.05, 0.1) is 10.7 Å². The molecule has 0 saturated carbocycles. The van der Waals surface area contributed by atoms with E-state index in [-0.39, 0.29) is 16.4 Å². The highest BCUT2D eigenvalue weighted by molar-refractivity contribution is 7.84. The number of anilines is 2. The molecule has 1 heterocycles. The highest BCUT2D eigenvalue weighted by atomic mass is 32.1.